The molecular formula is C9H12F3N3. The Morgan fingerprint density at radius 2 is 1.93 bits per heavy atom. The SMILES string of the molecule is Cc1nccnc1C(C)NCC(F)(F)F. The number of aromatic nitrogens is 2. The van der Waals surface area contributed by atoms with E-state index < -0.39 is 18.8 Å². The van der Waals surface area contributed by atoms with Crippen LogP contribution in [0.5, 0.6) is 0 Å². The molecule has 1 N–H and O–H groups in total. The fraction of sp³-hybridized carbons (Fsp3) is 0.556. The van der Waals surface area contributed by atoms with E-state index in [9.17, 15) is 13.2 Å². The van der Waals surface area contributed by atoms with Crippen LogP contribution in [0.4, 0.5) is 13.2 Å². The zero-order chi connectivity index (χ0) is 11.5. The molecule has 1 rings (SSSR count). The second-order valence-corrected chi connectivity index (χ2v) is 3.24. The first-order valence-electron chi connectivity index (χ1n) is 4.48. The lowest BCUT2D eigenvalue weighted by Gasteiger charge is -2.15. The van der Waals surface area contributed by atoms with E-state index in [0.717, 1.165) is 0 Å². The van der Waals surface area contributed by atoms with Crippen LogP contribution in [-0.4, -0.2) is 22.7 Å². The number of rotatable bonds is 3. The first-order valence-corrected chi connectivity index (χ1v) is 4.48. The van der Waals surface area contributed by atoms with Crippen LogP contribution in [0.1, 0.15) is 24.4 Å². The standard InChI is InChI=1S/C9H12F3N3/c1-6-8(14-4-3-13-6)7(2)15-5-9(10,11)12/h3-4,7,15H,5H2,1-2H3. The summed E-state index contributed by atoms with van der Waals surface area (Å²) < 4.78 is 35.8. The van der Waals surface area contributed by atoms with E-state index in [0.29, 0.717) is 11.4 Å². The Kier molecular flexibility index (Phi) is 3.62. The molecule has 1 heterocycles. The van der Waals surface area contributed by atoms with Gasteiger partial charge in [-0.25, -0.2) is 0 Å². The summed E-state index contributed by atoms with van der Waals surface area (Å²) in [6, 6.07) is -0.458. The number of nitrogens with zero attached hydrogens (tertiary/aromatic N) is 2. The van der Waals surface area contributed by atoms with E-state index in [1.165, 1.54) is 12.4 Å². The highest BCUT2D eigenvalue weighted by Gasteiger charge is 2.27. The van der Waals surface area contributed by atoms with Crippen LogP contribution in [0.3, 0.4) is 0 Å². The van der Waals surface area contributed by atoms with Crippen molar-refractivity contribution >= 4 is 0 Å². The molecule has 0 radical (unpaired) electrons. The highest BCUT2D eigenvalue weighted by atomic mass is 19.4. The third-order valence-corrected chi connectivity index (χ3v) is 1.94. The first-order chi connectivity index (χ1) is 6.90. The summed E-state index contributed by atoms with van der Waals surface area (Å²) in [5, 5.41) is 2.35. The minimum atomic E-state index is -4.20. The third kappa shape index (κ3) is 3.83. The van der Waals surface area contributed by atoms with Gasteiger partial charge in [0.2, 0.25) is 0 Å². The van der Waals surface area contributed by atoms with Crippen molar-refractivity contribution in [2.75, 3.05) is 6.54 Å². The Morgan fingerprint density at radius 3 is 2.47 bits per heavy atom. The maximum atomic E-state index is 11.9. The molecule has 1 atom stereocenters. The van der Waals surface area contributed by atoms with Crippen LogP contribution in [0.2, 0.25) is 0 Å². The van der Waals surface area contributed by atoms with Gasteiger partial charge in [-0.3, -0.25) is 9.97 Å². The molecule has 6 heteroatoms. The van der Waals surface area contributed by atoms with Crippen molar-refractivity contribution in [3.63, 3.8) is 0 Å². The van der Waals surface area contributed by atoms with Crippen molar-refractivity contribution in [2.45, 2.75) is 26.1 Å². The van der Waals surface area contributed by atoms with E-state index in [1.54, 1.807) is 13.8 Å². The zero-order valence-corrected chi connectivity index (χ0v) is 8.47. The Bertz CT molecular complexity index is 325. The van der Waals surface area contributed by atoms with Crippen LogP contribution >= 0.6 is 0 Å². The monoisotopic (exact) mass is 219 g/mol. The second-order valence-electron chi connectivity index (χ2n) is 3.24. The Balaban J connectivity index is 2.62. The van der Waals surface area contributed by atoms with Crippen LogP contribution in [0, 0.1) is 6.92 Å². The summed E-state index contributed by atoms with van der Waals surface area (Å²) in [4.78, 5) is 7.95. The zero-order valence-electron chi connectivity index (χ0n) is 8.47. The van der Waals surface area contributed by atoms with Gasteiger partial charge in [0.25, 0.3) is 0 Å². The quantitative estimate of drug-likeness (QED) is 0.844. The molecule has 0 amide bonds. The lowest BCUT2D eigenvalue weighted by Crippen LogP contribution is -2.31. The number of alkyl halides is 3. The molecule has 84 valence electrons. The molecule has 0 aromatic carbocycles. The summed E-state index contributed by atoms with van der Waals surface area (Å²) >= 11 is 0. The van der Waals surface area contributed by atoms with Crippen LogP contribution in [-0.2, 0) is 0 Å². The van der Waals surface area contributed by atoms with Gasteiger partial charge < -0.3 is 5.32 Å². The van der Waals surface area contributed by atoms with E-state index in [-0.39, 0.29) is 0 Å². The lowest BCUT2D eigenvalue weighted by molar-refractivity contribution is -0.126. The fourth-order valence-electron chi connectivity index (χ4n) is 1.21. The second kappa shape index (κ2) is 4.57. The van der Waals surface area contributed by atoms with E-state index in [1.807, 2.05) is 0 Å². The molecule has 1 aromatic heterocycles. The van der Waals surface area contributed by atoms with Crippen LogP contribution < -0.4 is 5.32 Å². The topological polar surface area (TPSA) is 37.8 Å². The molecule has 1 aromatic rings. The largest absolute Gasteiger partial charge is 0.401 e. The van der Waals surface area contributed by atoms with Gasteiger partial charge in [0.15, 0.2) is 0 Å². The van der Waals surface area contributed by atoms with Crippen molar-refractivity contribution in [2.24, 2.45) is 0 Å². The molecule has 0 aliphatic heterocycles. The molecule has 15 heavy (non-hydrogen) atoms. The van der Waals surface area contributed by atoms with Gasteiger partial charge in [-0.05, 0) is 13.8 Å². The molecule has 0 spiro atoms. The number of halogens is 3. The molecule has 1 unspecified atom stereocenters. The molecule has 3 nitrogen and oxygen atoms in total. The van der Waals surface area contributed by atoms with Gasteiger partial charge in [0, 0.05) is 18.4 Å². The predicted octanol–water partition coefficient (Wildman–Crippen LogP) is 2.00. The van der Waals surface area contributed by atoms with Gasteiger partial charge in [-0.15, -0.1) is 0 Å². The van der Waals surface area contributed by atoms with Crippen molar-refractivity contribution < 1.29 is 13.2 Å². The number of hydrogen-bond donors (Lipinski definition) is 1. The smallest absolute Gasteiger partial charge is 0.301 e. The van der Waals surface area contributed by atoms with Crippen molar-refractivity contribution in [3.8, 4) is 0 Å². The highest BCUT2D eigenvalue weighted by Crippen LogP contribution is 2.16. The van der Waals surface area contributed by atoms with Crippen molar-refractivity contribution in [3.05, 3.63) is 23.8 Å². The van der Waals surface area contributed by atoms with Crippen molar-refractivity contribution in [1.29, 1.82) is 0 Å². The van der Waals surface area contributed by atoms with Gasteiger partial charge >= 0.3 is 6.18 Å². The molecule has 0 saturated carbocycles. The maximum Gasteiger partial charge on any atom is 0.401 e. The summed E-state index contributed by atoms with van der Waals surface area (Å²) in [6.07, 6.45) is -1.23. The van der Waals surface area contributed by atoms with Gasteiger partial charge in [-0.2, -0.15) is 13.2 Å². The van der Waals surface area contributed by atoms with Gasteiger partial charge in [0.05, 0.1) is 17.9 Å². The molecular weight excluding hydrogens is 207 g/mol. The molecule has 0 bridgehead atoms. The normalized spacial score (nSPS) is 13.9. The Morgan fingerprint density at radius 1 is 1.33 bits per heavy atom. The maximum absolute atomic E-state index is 11.9. The van der Waals surface area contributed by atoms with E-state index in [2.05, 4.69) is 15.3 Å². The van der Waals surface area contributed by atoms with E-state index in [4.69, 9.17) is 0 Å². The minimum Gasteiger partial charge on any atom is -0.301 e. The summed E-state index contributed by atoms with van der Waals surface area (Å²) in [5.41, 5.74) is 1.18. The first kappa shape index (κ1) is 11.9. The summed E-state index contributed by atoms with van der Waals surface area (Å²) in [7, 11) is 0. The summed E-state index contributed by atoms with van der Waals surface area (Å²) in [6.45, 7) is 2.32. The third-order valence-electron chi connectivity index (χ3n) is 1.94. The Labute approximate surface area is 85.7 Å². The molecule has 0 aliphatic rings. The number of aryl methyl sites for hydroxylation is 1. The minimum absolute atomic E-state index is 0.458. The van der Waals surface area contributed by atoms with Gasteiger partial charge in [-0.1, -0.05) is 0 Å². The average molecular weight is 219 g/mol. The van der Waals surface area contributed by atoms with Gasteiger partial charge in [0.1, 0.15) is 0 Å². The average Bonchev–Trinajstić information content (AvgIpc) is 2.14. The van der Waals surface area contributed by atoms with Crippen LogP contribution in [0.25, 0.3) is 0 Å². The van der Waals surface area contributed by atoms with E-state index >= 15 is 0 Å². The molecule has 0 fully saturated rings. The molecule has 0 saturated heterocycles. The van der Waals surface area contributed by atoms with Crippen LogP contribution in [0.15, 0.2) is 12.4 Å². The Hall–Kier alpha value is -1.17. The van der Waals surface area contributed by atoms with Crippen molar-refractivity contribution in [1.82, 2.24) is 15.3 Å². The lowest BCUT2D eigenvalue weighted by atomic mass is 10.2. The number of nitrogens with one attached hydrogen (secondary N) is 1. The number of hydrogen-bond acceptors (Lipinski definition) is 3. The fourth-order valence-corrected chi connectivity index (χ4v) is 1.21. The predicted molar refractivity (Wildman–Crippen MR) is 49.2 cm³/mol. The highest BCUT2D eigenvalue weighted by molar-refractivity contribution is 5.12. The molecule has 0 aliphatic carbocycles. The summed E-state index contributed by atoms with van der Waals surface area (Å²) in [5.74, 6) is 0.